The molecule has 4 nitrogen and oxygen atoms in total. The number of anilines is 1. The molecule has 4 rings (SSSR count). The Morgan fingerprint density at radius 3 is 2.29 bits per heavy atom. The summed E-state index contributed by atoms with van der Waals surface area (Å²) in [6, 6.07) is 17.5. The second-order valence-corrected chi connectivity index (χ2v) is 8.28. The van der Waals surface area contributed by atoms with Crippen LogP contribution in [0.3, 0.4) is 0 Å². The number of carbonyl (C=O) groups excluding carboxylic acids is 1. The zero-order valence-corrected chi connectivity index (χ0v) is 18.3. The van der Waals surface area contributed by atoms with Crippen molar-refractivity contribution in [2.24, 2.45) is 0 Å². The number of likely N-dealkylation sites (tertiary alicyclic amines) is 1. The topological polar surface area (TPSA) is 41.6 Å². The van der Waals surface area contributed by atoms with Crippen molar-refractivity contribution >= 4 is 11.6 Å². The summed E-state index contributed by atoms with van der Waals surface area (Å²) in [7, 11) is 0. The minimum Gasteiger partial charge on any atom is -0.490 e. The smallest absolute Gasteiger partial charge is 0.416 e. The van der Waals surface area contributed by atoms with E-state index in [4.69, 9.17) is 4.74 Å². The van der Waals surface area contributed by atoms with E-state index in [0.717, 1.165) is 62.3 Å². The molecule has 34 heavy (non-hydrogen) atoms. The van der Waals surface area contributed by atoms with Crippen LogP contribution in [0.1, 0.15) is 34.3 Å². The summed E-state index contributed by atoms with van der Waals surface area (Å²) < 4.78 is 57.3. The van der Waals surface area contributed by atoms with E-state index in [-0.39, 0.29) is 17.5 Å². The quantitative estimate of drug-likeness (QED) is 0.438. The van der Waals surface area contributed by atoms with E-state index >= 15 is 0 Å². The number of alkyl halides is 3. The number of rotatable bonds is 6. The molecule has 0 aliphatic carbocycles. The molecule has 8 heteroatoms. The van der Waals surface area contributed by atoms with Gasteiger partial charge in [-0.05, 0) is 66.9 Å². The fraction of sp³-hybridized carbons (Fsp3) is 0.269. The predicted molar refractivity (Wildman–Crippen MR) is 121 cm³/mol. The molecule has 3 aromatic rings. The molecule has 0 radical (unpaired) electrons. The first-order chi connectivity index (χ1) is 16.3. The van der Waals surface area contributed by atoms with Crippen LogP contribution in [0.15, 0.2) is 72.8 Å². The van der Waals surface area contributed by atoms with Crippen molar-refractivity contribution in [1.29, 1.82) is 0 Å². The summed E-state index contributed by atoms with van der Waals surface area (Å²) in [5, 5.41) is 2.70. The fourth-order valence-electron chi connectivity index (χ4n) is 3.89. The Hall–Kier alpha value is -3.39. The molecule has 0 saturated carbocycles. The highest BCUT2D eigenvalue weighted by atomic mass is 19.4. The number of carbonyl (C=O) groups is 1. The Balaban J connectivity index is 1.29. The van der Waals surface area contributed by atoms with E-state index in [1.54, 1.807) is 36.4 Å². The number of ether oxygens (including phenoxy) is 1. The van der Waals surface area contributed by atoms with Crippen molar-refractivity contribution in [3.8, 4) is 5.75 Å². The SMILES string of the molecule is O=C(Nc1cccc(OC2CCN(Cc3ccc(F)cc3)CC2)c1)c1ccc(C(F)(F)F)cc1. The Kier molecular flexibility index (Phi) is 7.17. The van der Waals surface area contributed by atoms with Crippen molar-refractivity contribution in [3.05, 3.63) is 95.3 Å². The number of nitrogens with one attached hydrogen (secondary N) is 1. The lowest BCUT2D eigenvalue weighted by Crippen LogP contribution is -2.37. The monoisotopic (exact) mass is 472 g/mol. The third kappa shape index (κ3) is 6.35. The molecule has 1 saturated heterocycles. The van der Waals surface area contributed by atoms with Gasteiger partial charge in [-0.15, -0.1) is 0 Å². The number of hydrogen-bond donors (Lipinski definition) is 1. The Morgan fingerprint density at radius 1 is 0.971 bits per heavy atom. The maximum absolute atomic E-state index is 13.1. The summed E-state index contributed by atoms with van der Waals surface area (Å²) in [6.07, 6.45) is -2.74. The van der Waals surface area contributed by atoms with Crippen LogP contribution in [-0.2, 0) is 12.7 Å². The molecule has 1 aliphatic heterocycles. The third-order valence-corrected chi connectivity index (χ3v) is 5.72. The van der Waals surface area contributed by atoms with Crippen LogP contribution in [0.2, 0.25) is 0 Å². The second kappa shape index (κ2) is 10.3. The normalized spacial score (nSPS) is 15.2. The van der Waals surface area contributed by atoms with Crippen LogP contribution >= 0.6 is 0 Å². The van der Waals surface area contributed by atoms with E-state index in [1.807, 2.05) is 0 Å². The molecule has 0 spiro atoms. The first-order valence-electron chi connectivity index (χ1n) is 11.0. The van der Waals surface area contributed by atoms with E-state index < -0.39 is 17.6 Å². The maximum Gasteiger partial charge on any atom is 0.416 e. The molecule has 0 unspecified atom stereocenters. The highest BCUT2D eigenvalue weighted by molar-refractivity contribution is 6.04. The summed E-state index contributed by atoms with van der Waals surface area (Å²) in [5.74, 6) is -0.129. The van der Waals surface area contributed by atoms with Gasteiger partial charge in [0.2, 0.25) is 0 Å². The molecule has 1 aliphatic rings. The van der Waals surface area contributed by atoms with Gasteiger partial charge in [0.1, 0.15) is 17.7 Å². The van der Waals surface area contributed by atoms with Gasteiger partial charge in [0.05, 0.1) is 5.56 Å². The lowest BCUT2D eigenvalue weighted by molar-refractivity contribution is -0.137. The molecular weight excluding hydrogens is 448 g/mol. The average Bonchev–Trinajstić information content (AvgIpc) is 2.82. The zero-order valence-electron chi connectivity index (χ0n) is 18.3. The van der Waals surface area contributed by atoms with Crippen molar-refractivity contribution < 1.29 is 27.1 Å². The largest absolute Gasteiger partial charge is 0.490 e. The molecular formula is C26H24F4N2O2. The van der Waals surface area contributed by atoms with Gasteiger partial charge in [-0.25, -0.2) is 4.39 Å². The molecule has 0 aromatic heterocycles. The van der Waals surface area contributed by atoms with E-state index in [9.17, 15) is 22.4 Å². The van der Waals surface area contributed by atoms with Crippen LogP contribution in [0.4, 0.5) is 23.2 Å². The van der Waals surface area contributed by atoms with Crippen molar-refractivity contribution in [2.75, 3.05) is 18.4 Å². The number of halogens is 4. The number of amides is 1. The molecule has 178 valence electrons. The van der Waals surface area contributed by atoms with Gasteiger partial charge in [0.25, 0.3) is 5.91 Å². The van der Waals surface area contributed by atoms with Crippen molar-refractivity contribution in [2.45, 2.75) is 31.7 Å². The van der Waals surface area contributed by atoms with Gasteiger partial charge < -0.3 is 10.1 Å². The first-order valence-corrected chi connectivity index (χ1v) is 11.0. The summed E-state index contributed by atoms with van der Waals surface area (Å²) in [6.45, 7) is 2.47. The predicted octanol–water partition coefficient (Wildman–Crippen LogP) is 6.14. The van der Waals surface area contributed by atoms with E-state index in [2.05, 4.69) is 10.2 Å². The third-order valence-electron chi connectivity index (χ3n) is 5.72. The van der Waals surface area contributed by atoms with Crippen molar-refractivity contribution in [1.82, 2.24) is 4.90 Å². The summed E-state index contributed by atoms with van der Waals surface area (Å²) >= 11 is 0. The van der Waals surface area contributed by atoms with Crippen LogP contribution in [0.5, 0.6) is 5.75 Å². The molecule has 3 aromatic carbocycles. The maximum atomic E-state index is 13.1. The molecule has 1 amide bonds. The van der Waals surface area contributed by atoms with Gasteiger partial charge in [0, 0.05) is 37.0 Å². The standard InChI is InChI=1S/C26H24F4N2O2/c27-21-10-4-18(5-11-21)17-32-14-12-23(13-15-32)34-24-3-1-2-22(16-24)31-25(33)19-6-8-20(9-7-19)26(28,29)30/h1-11,16,23H,12-15,17H2,(H,31,33). The Morgan fingerprint density at radius 2 is 1.65 bits per heavy atom. The molecule has 1 heterocycles. The minimum atomic E-state index is -4.45. The van der Waals surface area contributed by atoms with Crippen LogP contribution in [0, 0.1) is 5.82 Å². The molecule has 1 fully saturated rings. The fourth-order valence-corrected chi connectivity index (χ4v) is 3.89. The lowest BCUT2D eigenvalue weighted by Gasteiger charge is -2.32. The Labute approximate surface area is 195 Å². The minimum absolute atomic E-state index is 0.0327. The summed E-state index contributed by atoms with van der Waals surface area (Å²) in [5.41, 5.74) is 0.893. The van der Waals surface area contributed by atoms with Crippen LogP contribution < -0.4 is 10.1 Å². The lowest BCUT2D eigenvalue weighted by atomic mass is 10.1. The number of benzene rings is 3. The highest BCUT2D eigenvalue weighted by Crippen LogP contribution is 2.29. The van der Waals surface area contributed by atoms with Gasteiger partial charge >= 0.3 is 6.18 Å². The van der Waals surface area contributed by atoms with E-state index in [0.29, 0.717) is 11.4 Å². The number of hydrogen-bond acceptors (Lipinski definition) is 3. The molecule has 1 N–H and O–H groups in total. The van der Waals surface area contributed by atoms with E-state index in [1.165, 1.54) is 12.1 Å². The number of nitrogens with zero attached hydrogens (tertiary/aromatic N) is 1. The van der Waals surface area contributed by atoms with Crippen LogP contribution in [0.25, 0.3) is 0 Å². The van der Waals surface area contributed by atoms with Gasteiger partial charge in [-0.3, -0.25) is 9.69 Å². The first kappa shape index (κ1) is 23.8. The summed E-state index contributed by atoms with van der Waals surface area (Å²) in [4.78, 5) is 14.7. The molecule has 0 bridgehead atoms. The van der Waals surface area contributed by atoms with Crippen LogP contribution in [-0.4, -0.2) is 30.0 Å². The Bertz CT molecular complexity index is 1110. The highest BCUT2D eigenvalue weighted by Gasteiger charge is 2.30. The van der Waals surface area contributed by atoms with Gasteiger partial charge in [-0.2, -0.15) is 13.2 Å². The molecule has 0 atom stereocenters. The number of piperidine rings is 1. The second-order valence-electron chi connectivity index (χ2n) is 8.28. The van der Waals surface area contributed by atoms with Crippen molar-refractivity contribution in [3.63, 3.8) is 0 Å². The van der Waals surface area contributed by atoms with Gasteiger partial charge in [0.15, 0.2) is 0 Å². The van der Waals surface area contributed by atoms with Gasteiger partial charge in [-0.1, -0.05) is 18.2 Å². The average molecular weight is 472 g/mol. The zero-order chi connectivity index (χ0) is 24.1.